The van der Waals surface area contributed by atoms with Crippen LogP contribution in [0.5, 0.6) is 5.75 Å². The Hall–Kier alpha value is -1.29. The molecule has 0 bridgehead atoms. The molecular formula is C16H16Cl2N2O. The zero-order valence-electron chi connectivity index (χ0n) is 11.5. The second kappa shape index (κ2) is 6.65. The largest absolute Gasteiger partial charge is 0.487 e. The number of rotatable bonds is 6. The van der Waals surface area contributed by atoms with Crippen molar-refractivity contribution >= 4 is 23.2 Å². The van der Waals surface area contributed by atoms with Crippen LogP contribution in [0, 0.1) is 0 Å². The van der Waals surface area contributed by atoms with Crippen molar-refractivity contribution in [2.45, 2.75) is 32.0 Å². The minimum atomic E-state index is 0.400. The molecule has 0 saturated heterocycles. The van der Waals surface area contributed by atoms with Crippen LogP contribution in [0.2, 0.25) is 10.0 Å². The fourth-order valence-corrected chi connectivity index (χ4v) is 2.40. The lowest BCUT2D eigenvalue weighted by molar-refractivity contribution is 0.305. The number of ether oxygens (including phenoxy) is 1. The van der Waals surface area contributed by atoms with Crippen LogP contribution in [0.15, 0.2) is 36.5 Å². The molecule has 2 aromatic rings. The Kier molecular flexibility index (Phi) is 4.63. The van der Waals surface area contributed by atoms with E-state index < -0.39 is 0 Å². The van der Waals surface area contributed by atoms with Crippen LogP contribution in [0.3, 0.4) is 0 Å². The van der Waals surface area contributed by atoms with E-state index in [1.165, 1.54) is 12.8 Å². The van der Waals surface area contributed by atoms with Gasteiger partial charge in [-0.25, -0.2) is 0 Å². The minimum absolute atomic E-state index is 0.400. The lowest BCUT2D eigenvalue weighted by Gasteiger charge is -2.08. The van der Waals surface area contributed by atoms with Gasteiger partial charge in [-0.15, -0.1) is 0 Å². The first-order valence-electron chi connectivity index (χ1n) is 6.96. The summed E-state index contributed by atoms with van der Waals surface area (Å²) in [5, 5.41) is 4.66. The first-order valence-corrected chi connectivity index (χ1v) is 7.71. The molecule has 0 atom stereocenters. The number of nitrogens with zero attached hydrogens (tertiary/aromatic N) is 1. The highest BCUT2D eigenvalue weighted by Crippen LogP contribution is 2.23. The molecular weight excluding hydrogens is 307 g/mol. The molecule has 0 amide bonds. The summed E-state index contributed by atoms with van der Waals surface area (Å²) in [6.07, 6.45) is 4.31. The summed E-state index contributed by atoms with van der Waals surface area (Å²) in [5.41, 5.74) is 1.93. The predicted molar refractivity (Wildman–Crippen MR) is 84.9 cm³/mol. The van der Waals surface area contributed by atoms with Crippen molar-refractivity contribution in [3.05, 3.63) is 57.8 Å². The van der Waals surface area contributed by atoms with Gasteiger partial charge >= 0.3 is 0 Å². The molecule has 0 unspecified atom stereocenters. The van der Waals surface area contributed by atoms with Crippen molar-refractivity contribution in [3.8, 4) is 5.75 Å². The molecule has 21 heavy (non-hydrogen) atoms. The van der Waals surface area contributed by atoms with Gasteiger partial charge in [-0.2, -0.15) is 0 Å². The molecule has 3 nitrogen and oxygen atoms in total. The lowest BCUT2D eigenvalue weighted by atomic mass is 10.2. The zero-order chi connectivity index (χ0) is 14.7. The number of benzene rings is 1. The number of nitrogens with one attached hydrogen (secondary N) is 1. The smallest absolute Gasteiger partial charge is 0.138 e. The Labute approximate surface area is 134 Å². The van der Waals surface area contributed by atoms with Gasteiger partial charge < -0.3 is 10.1 Å². The SMILES string of the molecule is Clc1ccc(COc2ccc(CNC3CC3)nc2)c(Cl)c1. The fraction of sp³-hybridized carbons (Fsp3) is 0.312. The van der Waals surface area contributed by atoms with Crippen LogP contribution in [0.25, 0.3) is 0 Å². The molecule has 1 aliphatic carbocycles. The number of halogens is 2. The highest BCUT2D eigenvalue weighted by atomic mass is 35.5. The summed E-state index contributed by atoms with van der Waals surface area (Å²) < 4.78 is 5.70. The average Bonchev–Trinajstić information content (AvgIpc) is 3.30. The fourth-order valence-electron chi connectivity index (χ4n) is 1.94. The molecule has 1 aromatic carbocycles. The van der Waals surface area contributed by atoms with Crippen LogP contribution in [-0.4, -0.2) is 11.0 Å². The monoisotopic (exact) mass is 322 g/mol. The van der Waals surface area contributed by atoms with E-state index in [1.807, 2.05) is 18.2 Å². The maximum atomic E-state index is 6.11. The third-order valence-corrected chi connectivity index (χ3v) is 3.94. The van der Waals surface area contributed by atoms with Gasteiger partial charge in [0.25, 0.3) is 0 Å². The number of pyridine rings is 1. The van der Waals surface area contributed by atoms with Crippen LogP contribution in [0.4, 0.5) is 0 Å². The molecule has 0 aliphatic heterocycles. The van der Waals surface area contributed by atoms with Gasteiger partial charge in [0, 0.05) is 28.2 Å². The molecule has 1 saturated carbocycles. The maximum absolute atomic E-state index is 6.11. The summed E-state index contributed by atoms with van der Waals surface area (Å²) >= 11 is 12.0. The molecule has 1 fully saturated rings. The third-order valence-electron chi connectivity index (χ3n) is 3.36. The minimum Gasteiger partial charge on any atom is -0.487 e. The van der Waals surface area contributed by atoms with Gasteiger partial charge in [-0.3, -0.25) is 4.98 Å². The molecule has 5 heteroatoms. The van der Waals surface area contributed by atoms with E-state index in [0.717, 1.165) is 23.6 Å². The summed E-state index contributed by atoms with van der Waals surface area (Å²) in [5.74, 6) is 0.733. The van der Waals surface area contributed by atoms with E-state index in [9.17, 15) is 0 Å². The Balaban J connectivity index is 1.54. The third kappa shape index (κ3) is 4.34. The van der Waals surface area contributed by atoms with Crippen molar-refractivity contribution < 1.29 is 4.74 Å². The van der Waals surface area contributed by atoms with Gasteiger partial charge in [0.1, 0.15) is 12.4 Å². The molecule has 1 heterocycles. The van der Waals surface area contributed by atoms with Crippen LogP contribution in [0.1, 0.15) is 24.1 Å². The number of hydrogen-bond acceptors (Lipinski definition) is 3. The van der Waals surface area contributed by atoms with Gasteiger partial charge in [-0.1, -0.05) is 29.3 Å². The molecule has 1 N–H and O–H groups in total. The van der Waals surface area contributed by atoms with E-state index in [4.69, 9.17) is 27.9 Å². The van der Waals surface area contributed by atoms with Crippen molar-refractivity contribution in [1.29, 1.82) is 0 Å². The Morgan fingerprint density at radius 3 is 2.71 bits per heavy atom. The predicted octanol–water partition coefficient (Wildman–Crippen LogP) is 4.22. The lowest BCUT2D eigenvalue weighted by Crippen LogP contribution is -2.16. The topological polar surface area (TPSA) is 34.1 Å². The van der Waals surface area contributed by atoms with Crippen molar-refractivity contribution in [2.75, 3.05) is 0 Å². The van der Waals surface area contributed by atoms with E-state index in [0.29, 0.717) is 22.7 Å². The molecule has 1 aromatic heterocycles. The molecule has 3 rings (SSSR count). The second-order valence-electron chi connectivity index (χ2n) is 5.16. The van der Waals surface area contributed by atoms with Gasteiger partial charge in [0.15, 0.2) is 0 Å². The molecule has 0 spiro atoms. The average molecular weight is 323 g/mol. The van der Waals surface area contributed by atoms with Crippen molar-refractivity contribution in [2.24, 2.45) is 0 Å². The maximum Gasteiger partial charge on any atom is 0.138 e. The Morgan fingerprint density at radius 2 is 2.05 bits per heavy atom. The standard InChI is InChI=1S/C16H16Cl2N2O/c17-12-2-1-11(16(18)7-12)10-21-15-6-5-14(20-9-15)8-19-13-3-4-13/h1-2,5-7,9,13,19H,3-4,8,10H2. The van der Waals surface area contributed by atoms with Crippen molar-refractivity contribution in [1.82, 2.24) is 10.3 Å². The molecule has 0 radical (unpaired) electrons. The quantitative estimate of drug-likeness (QED) is 0.864. The summed E-state index contributed by atoms with van der Waals surface area (Å²) in [4.78, 5) is 4.39. The van der Waals surface area contributed by atoms with Crippen LogP contribution in [-0.2, 0) is 13.2 Å². The first-order chi connectivity index (χ1) is 10.2. The zero-order valence-corrected chi connectivity index (χ0v) is 13.0. The second-order valence-corrected chi connectivity index (χ2v) is 6.01. The molecule has 110 valence electrons. The number of hydrogen-bond donors (Lipinski definition) is 1. The van der Waals surface area contributed by atoms with E-state index in [-0.39, 0.29) is 0 Å². The van der Waals surface area contributed by atoms with E-state index in [2.05, 4.69) is 10.3 Å². The van der Waals surface area contributed by atoms with E-state index in [1.54, 1.807) is 18.3 Å². The summed E-state index contributed by atoms with van der Waals surface area (Å²) in [6.45, 7) is 1.21. The van der Waals surface area contributed by atoms with Gasteiger partial charge in [-0.05, 0) is 37.1 Å². The summed E-state index contributed by atoms with van der Waals surface area (Å²) in [6, 6.07) is 9.99. The first kappa shape index (κ1) is 14.6. The number of aromatic nitrogens is 1. The molecule has 1 aliphatic rings. The highest BCUT2D eigenvalue weighted by Gasteiger charge is 2.20. The van der Waals surface area contributed by atoms with Crippen molar-refractivity contribution in [3.63, 3.8) is 0 Å². The normalized spacial score (nSPS) is 14.2. The van der Waals surface area contributed by atoms with E-state index >= 15 is 0 Å². The Bertz CT molecular complexity index is 612. The van der Waals surface area contributed by atoms with Crippen LogP contribution < -0.4 is 10.1 Å². The Morgan fingerprint density at radius 1 is 1.19 bits per heavy atom. The van der Waals surface area contributed by atoms with Gasteiger partial charge in [0.05, 0.1) is 11.9 Å². The highest BCUT2D eigenvalue weighted by molar-refractivity contribution is 6.35. The van der Waals surface area contributed by atoms with Crippen LogP contribution >= 0.6 is 23.2 Å². The summed E-state index contributed by atoms with van der Waals surface area (Å²) in [7, 11) is 0. The van der Waals surface area contributed by atoms with Gasteiger partial charge in [0.2, 0.25) is 0 Å².